The molecule has 4 heteroatoms. The van der Waals surface area contributed by atoms with Crippen LogP contribution in [-0.4, -0.2) is 23.9 Å². The van der Waals surface area contributed by atoms with Gasteiger partial charge in [-0.05, 0) is 46.0 Å². The Kier molecular flexibility index (Phi) is 3.52. The second-order valence-corrected chi connectivity index (χ2v) is 5.64. The number of benzene rings is 1. The van der Waals surface area contributed by atoms with E-state index in [0.29, 0.717) is 21.9 Å². The van der Waals surface area contributed by atoms with Crippen molar-refractivity contribution in [3.05, 3.63) is 34.1 Å². The van der Waals surface area contributed by atoms with Crippen LogP contribution < -0.4 is 0 Å². The van der Waals surface area contributed by atoms with Crippen LogP contribution in [0.1, 0.15) is 24.2 Å². The largest absolute Gasteiger partial charge is 0.338 e. The highest BCUT2D eigenvalue weighted by Gasteiger charge is 2.30. The monoisotopic (exact) mass is 299 g/mol. The van der Waals surface area contributed by atoms with Gasteiger partial charge in [0.15, 0.2) is 0 Å². The van der Waals surface area contributed by atoms with E-state index < -0.39 is 0 Å². The molecule has 1 heterocycles. The van der Waals surface area contributed by atoms with E-state index in [9.17, 15) is 9.18 Å². The van der Waals surface area contributed by atoms with E-state index in [1.807, 2.05) is 4.90 Å². The molecule has 17 heavy (non-hydrogen) atoms. The van der Waals surface area contributed by atoms with Gasteiger partial charge in [-0.1, -0.05) is 13.8 Å². The van der Waals surface area contributed by atoms with Crippen LogP contribution in [0.15, 0.2) is 22.7 Å². The molecule has 1 aliphatic rings. The molecule has 1 aromatic carbocycles. The van der Waals surface area contributed by atoms with E-state index in [2.05, 4.69) is 29.8 Å². The van der Waals surface area contributed by atoms with Crippen LogP contribution in [0.5, 0.6) is 0 Å². The topological polar surface area (TPSA) is 20.3 Å². The van der Waals surface area contributed by atoms with Crippen LogP contribution >= 0.6 is 15.9 Å². The molecule has 2 rings (SSSR count). The standard InChI is InChI=1S/C13H15BrFNO/c1-8-6-16(7-9(8)2)13(17)11-4-3-10(15)5-12(11)14/h3-5,8-9H,6-7H2,1-2H3. The maximum absolute atomic E-state index is 13.0. The first-order chi connectivity index (χ1) is 7.99. The van der Waals surface area contributed by atoms with Crippen LogP contribution in [-0.2, 0) is 0 Å². The molecule has 0 bridgehead atoms. The average Bonchev–Trinajstić information content (AvgIpc) is 2.58. The van der Waals surface area contributed by atoms with E-state index in [4.69, 9.17) is 0 Å². The van der Waals surface area contributed by atoms with E-state index in [1.165, 1.54) is 18.2 Å². The Balaban J connectivity index is 2.20. The molecule has 0 saturated carbocycles. The minimum atomic E-state index is -0.336. The summed E-state index contributed by atoms with van der Waals surface area (Å²) in [4.78, 5) is 14.1. The van der Waals surface area contributed by atoms with Crippen molar-refractivity contribution in [3.63, 3.8) is 0 Å². The fourth-order valence-corrected chi connectivity index (χ4v) is 2.65. The molecule has 1 saturated heterocycles. The van der Waals surface area contributed by atoms with E-state index >= 15 is 0 Å². The number of nitrogens with zero attached hydrogens (tertiary/aromatic N) is 1. The van der Waals surface area contributed by atoms with Crippen LogP contribution in [0.25, 0.3) is 0 Å². The van der Waals surface area contributed by atoms with Crippen molar-refractivity contribution >= 4 is 21.8 Å². The number of hydrogen-bond donors (Lipinski definition) is 0. The van der Waals surface area contributed by atoms with Gasteiger partial charge in [0.1, 0.15) is 5.82 Å². The number of amides is 1. The lowest BCUT2D eigenvalue weighted by Gasteiger charge is -2.16. The highest BCUT2D eigenvalue weighted by atomic mass is 79.9. The molecule has 1 aromatic rings. The van der Waals surface area contributed by atoms with E-state index in [0.717, 1.165) is 13.1 Å². The third-order valence-corrected chi connectivity index (χ3v) is 4.09. The minimum Gasteiger partial charge on any atom is -0.338 e. The molecule has 2 unspecified atom stereocenters. The minimum absolute atomic E-state index is 0.0203. The molecule has 92 valence electrons. The van der Waals surface area contributed by atoms with Gasteiger partial charge in [0.2, 0.25) is 0 Å². The van der Waals surface area contributed by atoms with Gasteiger partial charge in [0, 0.05) is 17.6 Å². The van der Waals surface area contributed by atoms with Crippen molar-refractivity contribution in [3.8, 4) is 0 Å². The van der Waals surface area contributed by atoms with Crippen molar-refractivity contribution in [1.29, 1.82) is 0 Å². The van der Waals surface area contributed by atoms with Gasteiger partial charge in [0.05, 0.1) is 5.56 Å². The number of hydrogen-bond acceptors (Lipinski definition) is 1. The molecule has 2 nitrogen and oxygen atoms in total. The third-order valence-electron chi connectivity index (χ3n) is 3.44. The van der Waals surface area contributed by atoms with Crippen molar-refractivity contribution in [2.75, 3.05) is 13.1 Å². The molecule has 0 aliphatic carbocycles. The molecule has 1 fully saturated rings. The lowest BCUT2D eigenvalue weighted by Crippen LogP contribution is -2.29. The zero-order valence-electron chi connectivity index (χ0n) is 9.91. The summed E-state index contributed by atoms with van der Waals surface area (Å²) in [6.07, 6.45) is 0. The Labute approximate surface area is 109 Å². The summed E-state index contributed by atoms with van der Waals surface area (Å²) in [5.74, 6) is 0.695. The smallest absolute Gasteiger partial charge is 0.255 e. The maximum Gasteiger partial charge on any atom is 0.255 e. The first-order valence-corrected chi connectivity index (χ1v) is 6.52. The number of carbonyl (C=O) groups excluding carboxylic acids is 1. The summed E-state index contributed by atoms with van der Waals surface area (Å²) >= 11 is 3.24. The van der Waals surface area contributed by atoms with Gasteiger partial charge in [-0.15, -0.1) is 0 Å². The predicted octanol–water partition coefficient (Wildman–Crippen LogP) is 3.32. The predicted molar refractivity (Wildman–Crippen MR) is 68.3 cm³/mol. The second kappa shape index (κ2) is 4.77. The quantitative estimate of drug-likeness (QED) is 0.779. The van der Waals surface area contributed by atoms with Gasteiger partial charge in [-0.2, -0.15) is 0 Å². The van der Waals surface area contributed by atoms with Crippen molar-refractivity contribution in [2.24, 2.45) is 11.8 Å². The summed E-state index contributed by atoms with van der Waals surface area (Å²) < 4.78 is 13.5. The zero-order chi connectivity index (χ0) is 12.6. The number of carbonyl (C=O) groups is 1. The first-order valence-electron chi connectivity index (χ1n) is 5.73. The molecule has 1 aliphatic heterocycles. The fourth-order valence-electron chi connectivity index (χ4n) is 2.13. The fraction of sp³-hybridized carbons (Fsp3) is 0.462. The molecule has 1 amide bonds. The van der Waals surface area contributed by atoms with Crippen LogP contribution in [0.2, 0.25) is 0 Å². The molecular weight excluding hydrogens is 285 g/mol. The Bertz CT molecular complexity index is 439. The Morgan fingerprint density at radius 2 is 1.94 bits per heavy atom. The lowest BCUT2D eigenvalue weighted by molar-refractivity contribution is 0.0784. The summed E-state index contributed by atoms with van der Waals surface area (Å²) in [5.41, 5.74) is 0.535. The molecule has 0 N–H and O–H groups in total. The molecule has 0 spiro atoms. The normalized spacial score (nSPS) is 24.1. The lowest BCUT2D eigenvalue weighted by atomic mass is 10.0. The van der Waals surface area contributed by atoms with Crippen molar-refractivity contribution in [2.45, 2.75) is 13.8 Å². The average molecular weight is 300 g/mol. The first kappa shape index (κ1) is 12.6. The van der Waals surface area contributed by atoms with Gasteiger partial charge in [-0.3, -0.25) is 4.79 Å². The SMILES string of the molecule is CC1CN(C(=O)c2ccc(F)cc2Br)CC1C. The molecular formula is C13H15BrFNO. The van der Waals surface area contributed by atoms with E-state index in [1.54, 1.807) is 0 Å². The summed E-state index contributed by atoms with van der Waals surface area (Å²) in [6, 6.07) is 4.19. The highest BCUT2D eigenvalue weighted by Crippen LogP contribution is 2.26. The Hall–Kier alpha value is -0.900. The number of likely N-dealkylation sites (tertiary alicyclic amines) is 1. The summed E-state index contributed by atoms with van der Waals surface area (Å²) in [5, 5.41) is 0. The Morgan fingerprint density at radius 3 is 2.47 bits per heavy atom. The summed E-state index contributed by atoms with van der Waals surface area (Å²) in [7, 11) is 0. The van der Waals surface area contributed by atoms with Crippen LogP contribution in [0.3, 0.4) is 0 Å². The molecule has 0 radical (unpaired) electrons. The van der Waals surface area contributed by atoms with Gasteiger partial charge < -0.3 is 4.90 Å². The maximum atomic E-state index is 13.0. The second-order valence-electron chi connectivity index (χ2n) is 4.79. The third kappa shape index (κ3) is 2.51. The highest BCUT2D eigenvalue weighted by molar-refractivity contribution is 9.10. The molecule has 2 atom stereocenters. The number of rotatable bonds is 1. The van der Waals surface area contributed by atoms with Gasteiger partial charge in [0.25, 0.3) is 5.91 Å². The summed E-state index contributed by atoms with van der Waals surface area (Å²) in [6.45, 7) is 5.86. The van der Waals surface area contributed by atoms with Crippen LogP contribution in [0.4, 0.5) is 4.39 Å². The zero-order valence-corrected chi connectivity index (χ0v) is 11.5. The van der Waals surface area contributed by atoms with Crippen LogP contribution in [0, 0.1) is 17.7 Å². The van der Waals surface area contributed by atoms with Crippen molar-refractivity contribution in [1.82, 2.24) is 4.90 Å². The van der Waals surface area contributed by atoms with Gasteiger partial charge >= 0.3 is 0 Å². The Morgan fingerprint density at radius 1 is 1.35 bits per heavy atom. The van der Waals surface area contributed by atoms with E-state index in [-0.39, 0.29) is 11.7 Å². The molecule has 0 aromatic heterocycles. The van der Waals surface area contributed by atoms with Gasteiger partial charge in [-0.25, -0.2) is 4.39 Å². The van der Waals surface area contributed by atoms with Crippen molar-refractivity contribution < 1.29 is 9.18 Å². The number of halogens is 2.